The van der Waals surface area contributed by atoms with Crippen molar-refractivity contribution >= 4 is 13.8 Å². The Balaban J connectivity index is 1.98. The second-order valence-corrected chi connectivity index (χ2v) is 6.11. The number of likely N-dealkylation sites (tertiary alicyclic amines) is 1. The molecule has 4 nitrogen and oxygen atoms in total. The zero-order valence-electron chi connectivity index (χ0n) is 11.6. The Labute approximate surface area is 117 Å². The highest BCUT2D eigenvalue weighted by Crippen LogP contribution is 2.33. The molecule has 5 heteroatoms. The maximum Gasteiger partial charge on any atom is 0.308 e. The lowest BCUT2D eigenvalue weighted by Crippen LogP contribution is -2.49. The van der Waals surface area contributed by atoms with Gasteiger partial charge >= 0.3 is 5.97 Å². The fraction of sp³-hybridized carbons (Fsp3) is 0.929. The molecule has 2 fully saturated rings. The molecule has 0 spiro atoms. The molecule has 19 heavy (non-hydrogen) atoms. The summed E-state index contributed by atoms with van der Waals surface area (Å²) < 4.78 is 0. The maximum atomic E-state index is 11.4. The number of aliphatic carboxylic acids is 1. The molecule has 1 aliphatic carbocycles. The van der Waals surface area contributed by atoms with Crippen molar-refractivity contribution < 1.29 is 9.90 Å². The predicted octanol–water partition coefficient (Wildman–Crippen LogP) is 1.26. The van der Waals surface area contributed by atoms with E-state index >= 15 is 0 Å². The number of hydrogen-bond donors (Lipinski definition) is 2. The third kappa shape index (κ3) is 3.51. The molecule has 0 aromatic heterocycles. The number of carboxylic acids is 1. The highest BCUT2D eigenvalue weighted by atomic mass is 16.4. The first-order valence-electron chi connectivity index (χ1n) is 7.56. The Morgan fingerprint density at radius 1 is 1.32 bits per heavy atom. The molecule has 3 N–H and O–H groups in total. The second kappa shape index (κ2) is 6.75. The largest absolute Gasteiger partial charge is 0.481 e. The van der Waals surface area contributed by atoms with Gasteiger partial charge in [-0.15, -0.1) is 0 Å². The first kappa shape index (κ1) is 14.9. The number of nitrogens with two attached hydrogens (primary N) is 1. The normalized spacial score (nSPS) is 36.5. The van der Waals surface area contributed by atoms with Crippen molar-refractivity contribution in [3.05, 3.63) is 0 Å². The van der Waals surface area contributed by atoms with Crippen LogP contribution >= 0.6 is 0 Å². The number of carboxylic acid groups (broad SMARTS) is 1. The Morgan fingerprint density at radius 2 is 2.05 bits per heavy atom. The molecule has 1 saturated heterocycles. The fourth-order valence-electron chi connectivity index (χ4n) is 3.72. The molecule has 2 rings (SSSR count). The maximum absolute atomic E-state index is 11.4. The summed E-state index contributed by atoms with van der Waals surface area (Å²) in [5.41, 5.74) is 6.22. The van der Waals surface area contributed by atoms with Crippen molar-refractivity contribution in [2.45, 2.75) is 56.9 Å². The molecule has 106 valence electrons. The summed E-state index contributed by atoms with van der Waals surface area (Å²) in [5, 5.41) is 9.38. The van der Waals surface area contributed by atoms with E-state index in [-0.39, 0.29) is 17.9 Å². The van der Waals surface area contributed by atoms with E-state index in [1.54, 1.807) is 0 Å². The van der Waals surface area contributed by atoms with Crippen LogP contribution in [0.2, 0.25) is 6.32 Å². The van der Waals surface area contributed by atoms with E-state index in [0.717, 1.165) is 32.2 Å². The number of nitrogens with zero attached hydrogens (tertiary/aromatic N) is 1. The van der Waals surface area contributed by atoms with Gasteiger partial charge in [-0.05, 0) is 25.2 Å². The molecule has 1 heterocycles. The van der Waals surface area contributed by atoms with E-state index in [0.29, 0.717) is 18.9 Å². The highest BCUT2D eigenvalue weighted by Gasteiger charge is 2.41. The molecule has 0 aromatic carbocycles. The van der Waals surface area contributed by atoms with Gasteiger partial charge in [-0.1, -0.05) is 25.6 Å². The Bertz CT molecular complexity index is 314. The standard InChI is InChI=1S/C14H25BN2O2/c15-7-3-4-10-8-17(9-11(10)14(18)19)13-6-2-1-5-12(13)16/h10-13H,1-9,16H2,(H,18,19). The summed E-state index contributed by atoms with van der Waals surface area (Å²) in [7, 11) is 5.55. The minimum Gasteiger partial charge on any atom is -0.481 e. The molecule has 0 bridgehead atoms. The monoisotopic (exact) mass is 264 g/mol. The van der Waals surface area contributed by atoms with Crippen LogP contribution in [0.5, 0.6) is 0 Å². The van der Waals surface area contributed by atoms with Gasteiger partial charge in [-0.25, -0.2) is 0 Å². The van der Waals surface area contributed by atoms with Crippen LogP contribution in [-0.4, -0.2) is 49.0 Å². The van der Waals surface area contributed by atoms with Crippen molar-refractivity contribution in [3.8, 4) is 0 Å². The number of hydrogen-bond acceptors (Lipinski definition) is 3. The van der Waals surface area contributed by atoms with Crippen molar-refractivity contribution in [1.29, 1.82) is 0 Å². The van der Waals surface area contributed by atoms with E-state index in [2.05, 4.69) is 4.90 Å². The molecule has 0 aromatic rings. The fourth-order valence-corrected chi connectivity index (χ4v) is 3.72. The summed E-state index contributed by atoms with van der Waals surface area (Å²) in [6, 6.07) is 0.606. The van der Waals surface area contributed by atoms with Crippen LogP contribution in [0.3, 0.4) is 0 Å². The average molecular weight is 264 g/mol. The van der Waals surface area contributed by atoms with E-state index in [1.807, 2.05) is 0 Å². The summed E-state index contributed by atoms with van der Waals surface area (Å²) in [5.74, 6) is -0.648. The van der Waals surface area contributed by atoms with Gasteiger partial charge in [0.05, 0.1) is 13.8 Å². The topological polar surface area (TPSA) is 66.6 Å². The van der Waals surface area contributed by atoms with E-state index < -0.39 is 5.97 Å². The summed E-state index contributed by atoms with van der Waals surface area (Å²) in [6.07, 6.45) is 7.12. The van der Waals surface area contributed by atoms with E-state index in [4.69, 9.17) is 13.6 Å². The van der Waals surface area contributed by atoms with Crippen molar-refractivity contribution in [2.24, 2.45) is 17.6 Å². The minimum absolute atomic E-state index is 0.219. The van der Waals surface area contributed by atoms with Crippen LogP contribution in [0.1, 0.15) is 38.5 Å². The van der Waals surface area contributed by atoms with Gasteiger partial charge in [0.1, 0.15) is 0 Å². The smallest absolute Gasteiger partial charge is 0.308 e. The molecule has 4 unspecified atom stereocenters. The Kier molecular flexibility index (Phi) is 5.28. The van der Waals surface area contributed by atoms with Crippen LogP contribution in [0.25, 0.3) is 0 Å². The van der Waals surface area contributed by atoms with E-state index in [1.165, 1.54) is 12.8 Å². The van der Waals surface area contributed by atoms with Gasteiger partial charge in [0, 0.05) is 25.2 Å². The predicted molar refractivity (Wildman–Crippen MR) is 76.2 cm³/mol. The van der Waals surface area contributed by atoms with Crippen molar-refractivity contribution in [1.82, 2.24) is 4.90 Å². The third-order valence-electron chi connectivity index (χ3n) is 4.82. The van der Waals surface area contributed by atoms with Gasteiger partial charge in [0.25, 0.3) is 0 Å². The first-order valence-corrected chi connectivity index (χ1v) is 7.56. The molecular formula is C14H25BN2O2. The second-order valence-electron chi connectivity index (χ2n) is 6.11. The van der Waals surface area contributed by atoms with Crippen LogP contribution in [-0.2, 0) is 4.79 Å². The molecule has 0 amide bonds. The zero-order chi connectivity index (χ0) is 13.8. The first-order chi connectivity index (χ1) is 9.13. The molecular weight excluding hydrogens is 239 g/mol. The van der Waals surface area contributed by atoms with Crippen molar-refractivity contribution in [2.75, 3.05) is 13.1 Å². The lowest BCUT2D eigenvalue weighted by Gasteiger charge is -2.36. The van der Waals surface area contributed by atoms with E-state index in [9.17, 15) is 9.90 Å². The molecule has 4 atom stereocenters. The van der Waals surface area contributed by atoms with Crippen LogP contribution in [0.15, 0.2) is 0 Å². The number of rotatable bonds is 5. The SMILES string of the molecule is [B]CCCC1CN(C2CCCCC2N)CC1C(=O)O. The quantitative estimate of drug-likeness (QED) is 0.733. The van der Waals surface area contributed by atoms with Crippen LogP contribution in [0.4, 0.5) is 0 Å². The molecule has 2 radical (unpaired) electrons. The lowest BCUT2D eigenvalue weighted by molar-refractivity contribution is -0.142. The minimum atomic E-state index is -0.658. The van der Waals surface area contributed by atoms with Crippen LogP contribution in [0, 0.1) is 11.8 Å². The van der Waals surface area contributed by atoms with Crippen LogP contribution < -0.4 is 5.73 Å². The number of carbonyl (C=O) groups is 1. The molecule has 1 saturated carbocycles. The Hall–Kier alpha value is -0.545. The summed E-state index contributed by atoms with van der Waals surface area (Å²) in [4.78, 5) is 13.7. The van der Waals surface area contributed by atoms with Crippen molar-refractivity contribution in [3.63, 3.8) is 0 Å². The summed E-state index contributed by atoms with van der Waals surface area (Å²) in [6.45, 7) is 1.55. The highest BCUT2D eigenvalue weighted by molar-refractivity contribution is 6.08. The average Bonchev–Trinajstić information content (AvgIpc) is 2.81. The molecule has 1 aliphatic heterocycles. The third-order valence-corrected chi connectivity index (χ3v) is 4.82. The van der Waals surface area contributed by atoms with Gasteiger partial charge < -0.3 is 10.8 Å². The zero-order valence-corrected chi connectivity index (χ0v) is 11.6. The van der Waals surface area contributed by atoms with Gasteiger partial charge in [0.15, 0.2) is 0 Å². The van der Waals surface area contributed by atoms with Gasteiger partial charge in [0.2, 0.25) is 0 Å². The Morgan fingerprint density at radius 3 is 2.68 bits per heavy atom. The summed E-state index contributed by atoms with van der Waals surface area (Å²) >= 11 is 0. The van der Waals surface area contributed by atoms with Gasteiger partial charge in [-0.3, -0.25) is 9.69 Å². The van der Waals surface area contributed by atoms with Gasteiger partial charge in [-0.2, -0.15) is 0 Å². The lowest BCUT2D eigenvalue weighted by atomic mass is 9.88. The molecule has 2 aliphatic rings.